The summed E-state index contributed by atoms with van der Waals surface area (Å²) >= 11 is 0. The predicted molar refractivity (Wildman–Crippen MR) is 73.0 cm³/mol. The highest BCUT2D eigenvalue weighted by atomic mass is 16.5. The van der Waals surface area contributed by atoms with Crippen LogP contribution in [0.2, 0.25) is 0 Å². The zero-order valence-corrected chi connectivity index (χ0v) is 11.1. The van der Waals surface area contributed by atoms with Gasteiger partial charge in [-0.15, -0.1) is 0 Å². The third-order valence-electron chi connectivity index (χ3n) is 2.92. The number of hydrogen-bond donors (Lipinski definition) is 1. The largest absolute Gasteiger partial charge is 0.493 e. The van der Waals surface area contributed by atoms with Gasteiger partial charge in [0, 0.05) is 12.4 Å². The van der Waals surface area contributed by atoms with Gasteiger partial charge in [0.2, 0.25) is 5.88 Å². The highest BCUT2D eigenvalue weighted by molar-refractivity contribution is 5.92. The first kappa shape index (κ1) is 12.9. The van der Waals surface area contributed by atoms with Crippen LogP contribution in [0, 0.1) is 0 Å². The second-order valence-electron chi connectivity index (χ2n) is 4.14. The number of benzene rings is 1. The van der Waals surface area contributed by atoms with Gasteiger partial charge in [0.15, 0.2) is 11.5 Å². The lowest BCUT2D eigenvalue weighted by molar-refractivity contribution is 0.0693. The lowest BCUT2D eigenvalue weighted by Crippen LogP contribution is -2.03. The van der Waals surface area contributed by atoms with E-state index >= 15 is 0 Å². The van der Waals surface area contributed by atoms with E-state index in [-0.39, 0.29) is 17.2 Å². The van der Waals surface area contributed by atoms with Crippen LogP contribution in [-0.2, 0) is 0 Å². The Hall–Kier alpha value is -3.09. The van der Waals surface area contributed by atoms with E-state index in [0.717, 1.165) is 0 Å². The van der Waals surface area contributed by atoms with Gasteiger partial charge in [-0.05, 0) is 18.2 Å². The van der Waals surface area contributed by atoms with Crippen LogP contribution in [0.15, 0.2) is 42.9 Å². The zero-order chi connectivity index (χ0) is 14.8. The number of carbonyl (C=O) groups is 1. The van der Waals surface area contributed by atoms with Gasteiger partial charge in [-0.3, -0.25) is 0 Å². The van der Waals surface area contributed by atoms with Crippen molar-refractivity contribution in [3.63, 3.8) is 0 Å². The van der Waals surface area contributed by atoms with E-state index in [1.54, 1.807) is 35.1 Å². The van der Waals surface area contributed by atoms with Crippen molar-refractivity contribution in [3.8, 4) is 17.4 Å². The normalized spacial score (nSPS) is 10.5. The van der Waals surface area contributed by atoms with Gasteiger partial charge in [0.1, 0.15) is 11.1 Å². The summed E-state index contributed by atoms with van der Waals surface area (Å²) in [6.07, 6.45) is 4.79. The molecule has 3 aromatic rings. The Bertz CT molecular complexity index is 813. The molecule has 0 aliphatic rings. The Morgan fingerprint density at radius 2 is 2.14 bits per heavy atom. The molecular formula is C14H11N3O4. The molecule has 0 aliphatic carbocycles. The molecule has 106 valence electrons. The highest BCUT2D eigenvalue weighted by Gasteiger charge is 2.18. The van der Waals surface area contributed by atoms with Crippen molar-refractivity contribution in [2.24, 2.45) is 0 Å². The summed E-state index contributed by atoms with van der Waals surface area (Å²) in [5.74, 6) is -0.432. The standard InChI is InChI=1S/C14H11N3O4/c1-20-11-4-2-3-9(14(18)19)12(11)21-13-10-5-6-16-17(10)8-7-15-13/h2-8H,1H3,(H,18,19). The molecule has 0 aliphatic heterocycles. The molecule has 0 spiro atoms. The molecule has 0 saturated carbocycles. The lowest BCUT2D eigenvalue weighted by Gasteiger charge is -2.12. The number of carboxylic acid groups (broad SMARTS) is 1. The van der Waals surface area contributed by atoms with Crippen molar-refractivity contribution >= 4 is 11.5 Å². The summed E-state index contributed by atoms with van der Waals surface area (Å²) in [7, 11) is 1.45. The summed E-state index contributed by atoms with van der Waals surface area (Å²) < 4.78 is 12.4. The third-order valence-corrected chi connectivity index (χ3v) is 2.92. The minimum Gasteiger partial charge on any atom is -0.493 e. The van der Waals surface area contributed by atoms with E-state index in [1.807, 2.05) is 0 Å². The Kier molecular flexibility index (Phi) is 3.15. The van der Waals surface area contributed by atoms with Crippen molar-refractivity contribution in [1.29, 1.82) is 0 Å². The van der Waals surface area contributed by atoms with E-state index in [9.17, 15) is 9.90 Å². The van der Waals surface area contributed by atoms with E-state index in [1.165, 1.54) is 19.4 Å². The molecule has 3 rings (SSSR count). The Balaban J connectivity index is 2.13. The van der Waals surface area contributed by atoms with E-state index < -0.39 is 5.97 Å². The van der Waals surface area contributed by atoms with Gasteiger partial charge < -0.3 is 14.6 Å². The van der Waals surface area contributed by atoms with Gasteiger partial charge in [-0.25, -0.2) is 14.3 Å². The van der Waals surface area contributed by atoms with Gasteiger partial charge in [-0.2, -0.15) is 5.10 Å². The molecule has 7 heteroatoms. The van der Waals surface area contributed by atoms with Crippen molar-refractivity contribution in [2.75, 3.05) is 7.11 Å². The van der Waals surface area contributed by atoms with Gasteiger partial charge in [0.05, 0.1) is 13.3 Å². The molecule has 7 nitrogen and oxygen atoms in total. The van der Waals surface area contributed by atoms with Gasteiger partial charge in [-0.1, -0.05) is 6.07 Å². The quantitative estimate of drug-likeness (QED) is 0.791. The number of nitrogens with zero attached hydrogens (tertiary/aromatic N) is 3. The molecule has 0 bridgehead atoms. The van der Waals surface area contributed by atoms with Crippen molar-refractivity contribution in [2.45, 2.75) is 0 Å². The summed E-state index contributed by atoms with van der Waals surface area (Å²) in [5.41, 5.74) is 0.623. The topological polar surface area (TPSA) is 86.0 Å². The Morgan fingerprint density at radius 3 is 2.90 bits per heavy atom. The van der Waals surface area contributed by atoms with E-state index in [0.29, 0.717) is 11.3 Å². The van der Waals surface area contributed by atoms with Gasteiger partial charge in [0.25, 0.3) is 0 Å². The fourth-order valence-corrected chi connectivity index (χ4v) is 1.96. The molecule has 0 unspecified atom stereocenters. The number of methoxy groups -OCH3 is 1. The molecule has 0 saturated heterocycles. The van der Waals surface area contributed by atoms with Crippen molar-refractivity contribution in [3.05, 3.63) is 48.4 Å². The van der Waals surface area contributed by atoms with Crippen LogP contribution >= 0.6 is 0 Å². The first-order chi connectivity index (χ1) is 10.2. The number of aromatic nitrogens is 3. The van der Waals surface area contributed by atoms with Gasteiger partial charge >= 0.3 is 5.97 Å². The third kappa shape index (κ3) is 2.25. The molecule has 0 radical (unpaired) electrons. The summed E-state index contributed by atoms with van der Waals surface area (Å²) in [6.45, 7) is 0. The van der Waals surface area contributed by atoms with Crippen LogP contribution in [0.3, 0.4) is 0 Å². The summed E-state index contributed by atoms with van der Waals surface area (Å²) in [6, 6.07) is 6.37. The number of para-hydroxylation sites is 1. The fraction of sp³-hybridized carbons (Fsp3) is 0.0714. The lowest BCUT2D eigenvalue weighted by atomic mass is 10.2. The maximum atomic E-state index is 11.3. The van der Waals surface area contributed by atoms with Crippen LogP contribution in [-0.4, -0.2) is 32.8 Å². The van der Waals surface area contributed by atoms with Crippen LogP contribution in [0.25, 0.3) is 5.52 Å². The zero-order valence-electron chi connectivity index (χ0n) is 11.1. The maximum absolute atomic E-state index is 11.3. The van der Waals surface area contributed by atoms with Crippen LogP contribution in [0.5, 0.6) is 17.4 Å². The first-order valence-corrected chi connectivity index (χ1v) is 6.07. The fourth-order valence-electron chi connectivity index (χ4n) is 1.96. The number of carboxylic acids is 1. The molecule has 1 N–H and O–H groups in total. The maximum Gasteiger partial charge on any atom is 0.339 e. The van der Waals surface area contributed by atoms with Crippen LogP contribution in [0.4, 0.5) is 0 Å². The summed E-state index contributed by atoms with van der Waals surface area (Å²) in [5, 5.41) is 13.3. The number of hydrogen-bond acceptors (Lipinski definition) is 5. The van der Waals surface area contributed by atoms with Crippen molar-refractivity contribution in [1.82, 2.24) is 14.6 Å². The minimum absolute atomic E-state index is 0.00216. The highest BCUT2D eigenvalue weighted by Crippen LogP contribution is 2.35. The second kappa shape index (κ2) is 5.12. The smallest absolute Gasteiger partial charge is 0.339 e. The average molecular weight is 285 g/mol. The van der Waals surface area contributed by atoms with Crippen molar-refractivity contribution < 1.29 is 19.4 Å². The number of ether oxygens (including phenoxy) is 2. The van der Waals surface area contributed by atoms with Crippen LogP contribution < -0.4 is 9.47 Å². The Morgan fingerprint density at radius 1 is 1.29 bits per heavy atom. The molecule has 0 atom stereocenters. The molecule has 2 aromatic heterocycles. The number of fused-ring (bicyclic) bond motifs is 1. The predicted octanol–water partition coefficient (Wildman–Crippen LogP) is 2.23. The van der Waals surface area contributed by atoms with Crippen LogP contribution in [0.1, 0.15) is 10.4 Å². The monoisotopic (exact) mass is 285 g/mol. The first-order valence-electron chi connectivity index (χ1n) is 6.07. The SMILES string of the molecule is COc1cccc(C(=O)O)c1Oc1nccn2nccc12. The molecular weight excluding hydrogens is 274 g/mol. The van der Waals surface area contributed by atoms with E-state index in [4.69, 9.17) is 9.47 Å². The molecule has 21 heavy (non-hydrogen) atoms. The second-order valence-corrected chi connectivity index (χ2v) is 4.14. The number of rotatable bonds is 4. The molecule has 1 aromatic carbocycles. The summed E-state index contributed by atoms with van der Waals surface area (Å²) in [4.78, 5) is 15.4. The Labute approximate surface area is 119 Å². The molecule has 0 fully saturated rings. The molecule has 2 heterocycles. The molecule has 0 amide bonds. The van der Waals surface area contributed by atoms with E-state index in [2.05, 4.69) is 10.1 Å². The minimum atomic E-state index is -1.11. The number of aromatic carboxylic acids is 1. The average Bonchev–Trinajstić information content (AvgIpc) is 2.96.